The van der Waals surface area contributed by atoms with Gasteiger partial charge in [0.1, 0.15) is 5.82 Å². The minimum atomic E-state index is -0.198. The van der Waals surface area contributed by atoms with Crippen LogP contribution in [0, 0.1) is 12.7 Å². The average Bonchev–Trinajstić information content (AvgIpc) is 2.84. The SMILES string of the molecule is Cc1ccc(CONCCN2CCCC2)c(F)c1. The Morgan fingerprint density at radius 2 is 2.11 bits per heavy atom. The first-order chi connectivity index (χ1) is 8.75. The van der Waals surface area contributed by atoms with Gasteiger partial charge in [0.05, 0.1) is 6.61 Å². The molecule has 0 unspecified atom stereocenters. The van der Waals surface area contributed by atoms with E-state index in [9.17, 15) is 4.39 Å². The number of halogens is 1. The van der Waals surface area contributed by atoms with E-state index < -0.39 is 0 Å². The predicted octanol–water partition coefficient (Wildman–Crippen LogP) is 2.25. The molecule has 18 heavy (non-hydrogen) atoms. The Hall–Kier alpha value is -0.970. The summed E-state index contributed by atoms with van der Waals surface area (Å²) in [7, 11) is 0. The molecule has 1 heterocycles. The van der Waals surface area contributed by atoms with Gasteiger partial charge in [-0.2, -0.15) is 0 Å². The molecule has 1 aliphatic rings. The van der Waals surface area contributed by atoms with Crippen molar-refractivity contribution in [3.8, 4) is 0 Å². The lowest BCUT2D eigenvalue weighted by atomic mass is 10.1. The van der Waals surface area contributed by atoms with Crippen molar-refractivity contribution in [1.29, 1.82) is 0 Å². The Balaban J connectivity index is 1.62. The summed E-state index contributed by atoms with van der Waals surface area (Å²) in [6.07, 6.45) is 2.60. The summed E-state index contributed by atoms with van der Waals surface area (Å²) in [4.78, 5) is 7.69. The third-order valence-corrected chi connectivity index (χ3v) is 3.27. The number of hydrogen-bond donors (Lipinski definition) is 1. The molecule has 0 saturated carbocycles. The fraction of sp³-hybridized carbons (Fsp3) is 0.571. The molecule has 0 bridgehead atoms. The lowest BCUT2D eigenvalue weighted by Gasteiger charge is -2.14. The molecule has 0 atom stereocenters. The van der Waals surface area contributed by atoms with Crippen LogP contribution in [0.5, 0.6) is 0 Å². The molecule has 0 aliphatic carbocycles. The van der Waals surface area contributed by atoms with Crippen LogP contribution in [0.2, 0.25) is 0 Å². The van der Waals surface area contributed by atoms with Gasteiger partial charge in [0.25, 0.3) is 0 Å². The quantitative estimate of drug-likeness (QED) is 0.621. The maximum atomic E-state index is 13.5. The lowest BCUT2D eigenvalue weighted by molar-refractivity contribution is 0.0226. The van der Waals surface area contributed by atoms with E-state index in [0.29, 0.717) is 5.56 Å². The Kier molecular flexibility index (Phi) is 5.11. The number of benzene rings is 1. The molecular formula is C14H21FN2O. The Labute approximate surface area is 108 Å². The molecule has 4 heteroatoms. The predicted molar refractivity (Wildman–Crippen MR) is 69.6 cm³/mol. The minimum Gasteiger partial charge on any atom is -0.302 e. The standard InChI is InChI=1S/C14H21FN2O/c1-12-4-5-13(14(15)10-12)11-18-16-6-9-17-7-2-3-8-17/h4-5,10,16H,2-3,6-9,11H2,1H3. The van der Waals surface area contributed by atoms with Crippen LogP contribution in [0.4, 0.5) is 4.39 Å². The maximum absolute atomic E-state index is 13.5. The van der Waals surface area contributed by atoms with Crippen LogP contribution in [0.25, 0.3) is 0 Å². The molecule has 1 fully saturated rings. The maximum Gasteiger partial charge on any atom is 0.129 e. The van der Waals surface area contributed by atoms with E-state index in [1.807, 2.05) is 13.0 Å². The summed E-state index contributed by atoms with van der Waals surface area (Å²) in [5.41, 5.74) is 4.42. The third-order valence-electron chi connectivity index (χ3n) is 3.27. The van der Waals surface area contributed by atoms with Crippen LogP contribution in [-0.4, -0.2) is 31.1 Å². The highest BCUT2D eigenvalue weighted by atomic mass is 19.1. The molecule has 1 aliphatic heterocycles. The van der Waals surface area contributed by atoms with Crippen molar-refractivity contribution in [3.63, 3.8) is 0 Å². The van der Waals surface area contributed by atoms with Crippen molar-refractivity contribution in [1.82, 2.24) is 10.4 Å². The summed E-state index contributed by atoms with van der Waals surface area (Å²) >= 11 is 0. The number of likely N-dealkylation sites (tertiary alicyclic amines) is 1. The molecule has 0 aromatic heterocycles. The van der Waals surface area contributed by atoms with Gasteiger partial charge in [-0.05, 0) is 44.5 Å². The highest BCUT2D eigenvalue weighted by Crippen LogP contribution is 2.10. The first-order valence-corrected chi connectivity index (χ1v) is 6.58. The van der Waals surface area contributed by atoms with E-state index >= 15 is 0 Å². The van der Waals surface area contributed by atoms with Gasteiger partial charge in [0.15, 0.2) is 0 Å². The second-order valence-electron chi connectivity index (χ2n) is 4.83. The molecule has 0 amide bonds. The molecule has 1 N–H and O–H groups in total. The van der Waals surface area contributed by atoms with Crippen LogP contribution >= 0.6 is 0 Å². The zero-order valence-corrected chi connectivity index (χ0v) is 10.9. The fourth-order valence-corrected chi connectivity index (χ4v) is 2.18. The van der Waals surface area contributed by atoms with Crippen LogP contribution < -0.4 is 5.48 Å². The van der Waals surface area contributed by atoms with Crippen LogP contribution in [-0.2, 0) is 11.4 Å². The Morgan fingerprint density at radius 1 is 1.33 bits per heavy atom. The fourth-order valence-electron chi connectivity index (χ4n) is 2.18. The first kappa shape index (κ1) is 13.5. The second kappa shape index (κ2) is 6.83. The van der Waals surface area contributed by atoms with Crippen molar-refractivity contribution >= 4 is 0 Å². The van der Waals surface area contributed by atoms with E-state index in [-0.39, 0.29) is 12.4 Å². The molecule has 0 radical (unpaired) electrons. The van der Waals surface area contributed by atoms with Gasteiger partial charge in [-0.25, -0.2) is 9.87 Å². The van der Waals surface area contributed by atoms with Crippen molar-refractivity contribution in [2.24, 2.45) is 0 Å². The van der Waals surface area contributed by atoms with E-state index in [1.54, 1.807) is 6.07 Å². The molecule has 1 aromatic carbocycles. The number of rotatable bonds is 6. The first-order valence-electron chi connectivity index (χ1n) is 6.58. The van der Waals surface area contributed by atoms with Crippen molar-refractivity contribution in [2.45, 2.75) is 26.4 Å². The van der Waals surface area contributed by atoms with Crippen molar-refractivity contribution < 1.29 is 9.23 Å². The summed E-state index contributed by atoms with van der Waals surface area (Å²) in [6, 6.07) is 5.20. The zero-order valence-electron chi connectivity index (χ0n) is 10.9. The third kappa shape index (κ3) is 4.05. The number of hydroxylamine groups is 1. The number of nitrogens with one attached hydrogen (secondary N) is 1. The van der Waals surface area contributed by atoms with Crippen molar-refractivity contribution in [3.05, 3.63) is 35.1 Å². The number of hydrogen-bond acceptors (Lipinski definition) is 3. The van der Waals surface area contributed by atoms with E-state index in [0.717, 1.165) is 18.7 Å². The van der Waals surface area contributed by atoms with E-state index in [2.05, 4.69) is 10.4 Å². The summed E-state index contributed by atoms with van der Waals surface area (Å²) < 4.78 is 13.5. The van der Waals surface area contributed by atoms with E-state index in [1.165, 1.54) is 32.0 Å². The smallest absolute Gasteiger partial charge is 0.129 e. The highest BCUT2D eigenvalue weighted by Gasteiger charge is 2.10. The van der Waals surface area contributed by atoms with Gasteiger partial charge in [0.2, 0.25) is 0 Å². The molecule has 0 spiro atoms. The van der Waals surface area contributed by atoms with Gasteiger partial charge in [-0.15, -0.1) is 0 Å². The highest BCUT2D eigenvalue weighted by molar-refractivity contribution is 5.22. The molecule has 2 rings (SSSR count). The summed E-state index contributed by atoms with van der Waals surface area (Å²) in [6.45, 7) is 6.31. The summed E-state index contributed by atoms with van der Waals surface area (Å²) in [5.74, 6) is -0.198. The largest absolute Gasteiger partial charge is 0.302 e. The van der Waals surface area contributed by atoms with Crippen LogP contribution in [0.3, 0.4) is 0 Å². The minimum absolute atomic E-state index is 0.198. The van der Waals surface area contributed by atoms with Crippen molar-refractivity contribution in [2.75, 3.05) is 26.2 Å². The second-order valence-corrected chi connectivity index (χ2v) is 4.83. The summed E-state index contributed by atoms with van der Waals surface area (Å²) in [5, 5.41) is 0. The zero-order chi connectivity index (χ0) is 12.8. The van der Waals surface area contributed by atoms with Gasteiger partial charge < -0.3 is 4.90 Å². The normalized spacial score (nSPS) is 16.3. The van der Waals surface area contributed by atoms with E-state index in [4.69, 9.17) is 4.84 Å². The number of nitrogens with zero attached hydrogens (tertiary/aromatic N) is 1. The Morgan fingerprint density at radius 3 is 2.83 bits per heavy atom. The molecule has 3 nitrogen and oxygen atoms in total. The monoisotopic (exact) mass is 252 g/mol. The van der Waals surface area contributed by atoms with Crippen LogP contribution in [0.15, 0.2) is 18.2 Å². The van der Waals surface area contributed by atoms with Gasteiger partial charge in [0, 0.05) is 18.7 Å². The molecular weight excluding hydrogens is 231 g/mol. The lowest BCUT2D eigenvalue weighted by Crippen LogP contribution is -2.30. The Bertz CT molecular complexity index is 378. The van der Waals surface area contributed by atoms with Gasteiger partial charge >= 0.3 is 0 Å². The molecule has 1 aromatic rings. The topological polar surface area (TPSA) is 24.5 Å². The average molecular weight is 252 g/mol. The van der Waals surface area contributed by atoms with Gasteiger partial charge in [-0.3, -0.25) is 4.84 Å². The van der Waals surface area contributed by atoms with Crippen LogP contribution in [0.1, 0.15) is 24.0 Å². The molecule has 1 saturated heterocycles. The van der Waals surface area contributed by atoms with Gasteiger partial charge in [-0.1, -0.05) is 12.1 Å². The molecule has 100 valence electrons. The number of aryl methyl sites for hydroxylation is 1.